The van der Waals surface area contributed by atoms with Crippen LogP contribution in [0.3, 0.4) is 0 Å². The number of H-pyrrole nitrogens is 1. The summed E-state index contributed by atoms with van der Waals surface area (Å²) in [6.45, 7) is 0. The quantitative estimate of drug-likeness (QED) is 0.772. The second-order valence-corrected chi connectivity index (χ2v) is 9.52. The molecule has 1 heterocycles. The molecule has 6 nitrogen and oxygen atoms in total. The van der Waals surface area contributed by atoms with Gasteiger partial charge in [-0.15, -0.1) is 0 Å². The Balaban J connectivity index is 1.60. The highest BCUT2D eigenvalue weighted by Gasteiger charge is 2.50. The van der Waals surface area contributed by atoms with Crippen molar-refractivity contribution in [2.45, 2.75) is 37.3 Å². The summed E-state index contributed by atoms with van der Waals surface area (Å²) in [5, 5.41) is 19.7. The molecule has 24 heavy (non-hydrogen) atoms. The third-order valence-corrected chi connectivity index (χ3v) is 6.43. The van der Waals surface area contributed by atoms with Gasteiger partial charge in [0, 0.05) is 16.5 Å². The Kier molecular flexibility index (Phi) is 3.69. The molecule has 1 aromatic heterocycles. The number of fused-ring (bicyclic) bond motifs is 2. The summed E-state index contributed by atoms with van der Waals surface area (Å²) in [4.78, 5) is 0. The number of halogens is 1. The van der Waals surface area contributed by atoms with Crippen LogP contribution in [0.15, 0.2) is 18.3 Å². The van der Waals surface area contributed by atoms with Gasteiger partial charge >= 0.3 is 0 Å². The van der Waals surface area contributed by atoms with Crippen molar-refractivity contribution in [3.8, 4) is 0 Å². The molecule has 2 saturated carbocycles. The van der Waals surface area contributed by atoms with Gasteiger partial charge in [-0.2, -0.15) is 5.10 Å². The monoisotopic (exact) mass is 369 g/mol. The van der Waals surface area contributed by atoms with Crippen LogP contribution in [0.4, 0.5) is 0 Å². The summed E-state index contributed by atoms with van der Waals surface area (Å²) < 4.78 is 25.6. The molecule has 0 bridgehead atoms. The molecule has 2 fully saturated rings. The topological polar surface area (TPSA) is 95.1 Å². The molecule has 2 aliphatic carbocycles. The molecular weight excluding hydrogens is 350 g/mol. The van der Waals surface area contributed by atoms with Gasteiger partial charge in [0.1, 0.15) is 0 Å². The Morgan fingerprint density at radius 1 is 1.33 bits per heavy atom. The molecule has 2 aromatic rings. The van der Waals surface area contributed by atoms with E-state index in [-0.39, 0.29) is 6.04 Å². The van der Waals surface area contributed by atoms with Crippen LogP contribution >= 0.6 is 11.6 Å². The molecule has 0 radical (unpaired) electrons. The van der Waals surface area contributed by atoms with Crippen LogP contribution < -0.4 is 4.72 Å². The van der Waals surface area contributed by atoms with Gasteiger partial charge in [0.15, 0.2) is 0 Å². The van der Waals surface area contributed by atoms with E-state index in [4.69, 9.17) is 11.6 Å². The van der Waals surface area contributed by atoms with Crippen LogP contribution in [-0.2, 0) is 15.6 Å². The van der Waals surface area contributed by atoms with Crippen molar-refractivity contribution in [3.05, 3.63) is 28.9 Å². The fraction of sp³-hybridized carbons (Fsp3) is 0.562. The first-order chi connectivity index (χ1) is 11.2. The Morgan fingerprint density at radius 2 is 2.00 bits per heavy atom. The molecule has 0 unspecified atom stereocenters. The number of aromatic nitrogens is 2. The molecule has 0 aliphatic heterocycles. The van der Waals surface area contributed by atoms with Crippen LogP contribution in [0.5, 0.6) is 0 Å². The van der Waals surface area contributed by atoms with Crippen LogP contribution in [-0.4, -0.2) is 36.0 Å². The first-order valence-electron chi connectivity index (χ1n) is 8.06. The van der Waals surface area contributed by atoms with E-state index in [1.165, 1.54) is 6.26 Å². The van der Waals surface area contributed by atoms with Gasteiger partial charge in [-0.25, -0.2) is 13.1 Å². The molecule has 3 N–H and O–H groups in total. The van der Waals surface area contributed by atoms with E-state index < -0.39 is 15.6 Å². The third kappa shape index (κ3) is 2.83. The van der Waals surface area contributed by atoms with Crippen molar-refractivity contribution >= 4 is 32.5 Å². The first-order valence-corrected chi connectivity index (χ1v) is 10.3. The average Bonchev–Trinajstić information content (AvgIpc) is 3.09. The summed E-state index contributed by atoms with van der Waals surface area (Å²) >= 11 is 6.20. The molecule has 8 heteroatoms. The number of rotatable bonds is 3. The fourth-order valence-electron chi connectivity index (χ4n) is 4.68. The maximum atomic E-state index is 11.4. The minimum atomic E-state index is -3.19. The van der Waals surface area contributed by atoms with E-state index >= 15 is 0 Å². The Morgan fingerprint density at radius 3 is 2.62 bits per heavy atom. The maximum Gasteiger partial charge on any atom is 0.208 e. The molecular formula is C16H20ClN3O3S. The number of aromatic amines is 1. The number of hydrogen-bond donors (Lipinski definition) is 3. The van der Waals surface area contributed by atoms with Crippen molar-refractivity contribution in [2.75, 3.05) is 6.26 Å². The van der Waals surface area contributed by atoms with Crippen molar-refractivity contribution in [2.24, 2.45) is 11.8 Å². The lowest BCUT2D eigenvalue weighted by atomic mass is 9.87. The first kappa shape index (κ1) is 16.3. The SMILES string of the molecule is CS(=O)(=O)N[C@H]1C[C@@H]2C[C@@](O)(c3cc(Cl)cc4[nH]ncc34)C[C@@H]2C1. The Hall–Kier alpha value is -1.15. The van der Waals surface area contributed by atoms with Crippen LogP contribution in [0.25, 0.3) is 10.9 Å². The molecule has 1 aromatic carbocycles. The number of sulfonamides is 1. The van der Waals surface area contributed by atoms with Gasteiger partial charge in [0.25, 0.3) is 0 Å². The highest BCUT2D eigenvalue weighted by atomic mass is 35.5. The van der Waals surface area contributed by atoms with Crippen molar-refractivity contribution < 1.29 is 13.5 Å². The van der Waals surface area contributed by atoms with E-state index in [0.717, 1.165) is 29.3 Å². The predicted octanol–water partition coefficient (Wildman–Crippen LogP) is 2.14. The minimum absolute atomic E-state index is 0.0205. The zero-order valence-electron chi connectivity index (χ0n) is 13.3. The van der Waals surface area contributed by atoms with Gasteiger partial charge in [-0.05, 0) is 55.2 Å². The maximum absolute atomic E-state index is 11.4. The van der Waals surface area contributed by atoms with Crippen LogP contribution in [0.1, 0.15) is 31.2 Å². The predicted molar refractivity (Wildman–Crippen MR) is 92.2 cm³/mol. The summed E-state index contributed by atoms with van der Waals surface area (Å²) in [5.41, 5.74) is 0.707. The molecule has 0 amide bonds. The Bertz CT molecular complexity index is 881. The average molecular weight is 370 g/mol. The van der Waals surface area contributed by atoms with E-state index in [1.807, 2.05) is 6.07 Å². The van der Waals surface area contributed by atoms with Gasteiger partial charge in [-0.3, -0.25) is 5.10 Å². The number of hydrogen-bond acceptors (Lipinski definition) is 4. The van der Waals surface area contributed by atoms with Gasteiger partial charge in [0.05, 0.1) is 23.6 Å². The molecule has 130 valence electrons. The molecule has 4 rings (SSSR count). The normalized spacial score (nSPS) is 33.2. The van der Waals surface area contributed by atoms with E-state index in [1.54, 1.807) is 12.3 Å². The number of aliphatic hydroxyl groups is 1. The van der Waals surface area contributed by atoms with Gasteiger partial charge in [-0.1, -0.05) is 11.6 Å². The van der Waals surface area contributed by atoms with E-state index in [0.29, 0.717) is 29.7 Å². The fourth-order valence-corrected chi connectivity index (χ4v) is 5.70. The standard InChI is InChI=1S/C16H20ClN3O3S/c1-24(22,23)20-12-2-9-6-16(21,7-10(9)3-12)14-4-11(17)5-15-13(14)8-18-19-15/h4-5,8-10,12,20-21H,2-3,6-7H2,1H3,(H,18,19)/t9-,10+,12+,16+. The summed E-state index contributed by atoms with van der Waals surface area (Å²) in [5.74, 6) is 0.630. The summed E-state index contributed by atoms with van der Waals surface area (Å²) in [6, 6.07) is 3.61. The molecule has 0 saturated heterocycles. The third-order valence-electron chi connectivity index (χ3n) is 5.45. The van der Waals surface area contributed by atoms with Gasteiger partial charge < -0.3 is 5.11 Å². The number of nitrogens with one attached hydrogen (secondary N) is 2. The van der Waals surface area contributed by atoms with Gasteiger partial charge in [0.2, 0.25) is 10.0 Å². The van der Waals surface area contributed by atoms with Crippen LogP contribution in [0.2, 0.25) is 5.02 Å². The Labute approximate surface area is 145 Å². The highest BCUT2D eigenvalue weighted by Crippen LogP contribution is 2.54. The molecule has 0 spiro atoms. The number of benzene rings is 1. The molecule has 4 atom stereocenters. The molecule has 2 aliphatic rings. The van der Waals surface area contributed by atoms with Crippen molar-refractivity contribution in [3.63, 3.8) is 0 Å². The smallest absolute Gasteiger partial charge is 0.208 e. The lowest BCUT2D eigenvalue weighted by Crippen LogP contribution is -2.33. The van der Waals surface area contributed by atoms with Crippen molar-refractivity contribution in [1.82, 2.24) is 14.9 Å². The zero-order chi connectivity index (χ0) is 17.1. The second kappa shape index (κ2) is 5.42. The summed E-state index contributed by atoms with van der Waals surface area (Å²) in [7, 11) is -3.19. The van der Waals surface area contributed by atoms with Crippen LogP contribution in [0, 0.1) is 11.8 Å². The minimum Gasteiger partial charge on any atom is -0.385 e. The summed E-state index contributed by atoms with van der Waals surface area (Å²) in [6.07, 6.45) is 5.71. The largest absolute Gasteiger partial charge is 0.385 e. The lowest BCUT2D eigenvalue weighted by molar-refractivity contribution is 0.0360. The number of nitrogens with zero attached hydrogens (tertiary/aromatic N) is 1. The lowest BCUT2D eigenvalue weighted by Gasteiger charge is -2.26. The zero-order valence-corrected chi connectivity index (χ0v) is 14.9. The van der Waals surface area contributed by atoms with E-state index in [2.05, 4.69) is 14.9 Å². The second-order valence-electron chi connectivity index (χ2n) is 7.30. The van der Waals surface area contributed by atoms with Crippen molar-refractivity contribution in [1.29, 1.82) is 0 Å². The highest BCUT2D eigenvalue weighted by molar-refractivity contribution is 7.88. The van der Waals surface area contributed by atoms with E-state index in [9.17, 15) is 13.5 Å².